The van der Waals surface area contributed by atoms with Crippen molar-refractivity contribution in [1.29, 1.82) is 0 Å². The second-order valence-electron chi connectivity index (χ2n) is 16.8. The average Bonchev–Trinajstić information content (AvgIpc) is 3.90. The van der Waals surface area contributed by atoms with E-state index < -0.39 is 32.6 Å². The van der Waals surface area contributed by atoms with Gasteiger partial charge in [-0.05, 0) is 0 Å². The van der Waals surface area contributed by atoms with Crippen molar-refractivity contribution in [3.05, 3.63) is 243 Å². The molecule has 4 unspecified atom stereocenters. The molecule has 2 saturated carbocycles. The molecule has 2 aliphatic carbocycles. The Labute approximate surface area is 376 Å². The third-order valence-corrected chi connectivity index (χ3v) is 23.1. The van der Waals surface area contributed by atoms with Crippen LogP contribution in [-0.2, 0) is 18.1 Å². The average molecular weight is 905 g/mol. The number of benzene rings is 8. The molecule has 8 aromatic carbocycles. The van der Waals surface area contributed by atoms with Crippen LogP contribution in [0.2, 0.25) is 0 Å². The van der Waals surface area contributed by atoms with Gasteiger partial charge < -0.3 is 0 Å². The van der Waals surface area contributed by atoms with E-state index in [9.17, 15) is 0 Å². The summed E-state index contributed by atoms with van der Waals surface area (Å²) < 4.78 is 31.5. The summed E-state index contributed by atoms with van der Waals surface area (Å²) in [6.45, 7) is 0. The van der Waals surface area contributed by atoms with Crippen molar-refractivity contribution in [3.8, 4) is 0 Å². The Morgan fingerprint density at radius 1 is 0.222 bits per heavy atom. The fourth-order valence-corrected chi connectivity index (χ4v) is 20.0. The Morgan fingerprint density at radius 3 is 0.508 bits per heavy atom. The van der Waals surface area contributed by atoms with E-state index in [1.54, 1.807) is 0 Å². The van der Waals surface area contributed by atoms with Crippen LogP contribution in [0.3, 0.4) is 0 Å². The maximum absolute atomic E-state index is 7.88. The second-order valence-corrected chi connectivity index (χ2v) is 26.2. The van der Waals surface area contributed by atoms with Gasteiger partial charge in [0.1, 0.15) is 0 Å². The van der Waals surface area contributed by atoms with Crippen LogP contribution in [-0.4, -0.2) is 24.4 Å². The first kappa shape index (κ1) is 42.3. The summed E-state index contributed by atoms with van der Waals surface area (Å²) in [5, 5.41) is 10.1. The van der Waals surface area contributed by atoms with E-state index >= 15 is 0 Å². The summed E-state index contributed by atoms with van der Waals surface area (Å²) in [6, 6.07) is 87.2. The molecule has 4 atom stereocenters. The van der Waals surface area contributed by atoms with Crippen LogP contribution in [0.25, 0.3) is 0 Å². The molecule has 0 aromatic heterocycles. The predicted molar refractivity (Wildman–Crippen MR) is 279 cm³/mol. The molecular weight excluding hydrogens is 848 g/mol. The number of hydrogen-bond acceptors (Lipinski definition) is 4. The van der Waals surface area contributed by atoms with Crippen LogP contribution >= 0.6 is 32.6 Å². The monoisotopic (exact) mass is 904 g/mol. The summed E-state index contributed by atoms with van der Waals surface area (Å²) in [5.74, 6) is 0.0782. The summed E-state index contributed by atoms with van der Waals surface area (Å²) >= 11 is 0. The van der Waals surface area contributed by atoms with Gasteiger partial charge in [-0.2, -0.15) is 0 Å². The first-order valence-corrected chi connectivity index (χ1v) is 28.8. The minimum atomic E-state index is -2.24. The van der Waals surface area contributed by atoms with Crippen molar-refractivity contribution in [2.24, 2.45) is 11.8 Å². The van der Waals surface area contributed by atoms with E-state index in [4.69, 9.17) is 18.1 Å². The van der Waals surface area contributed by atoms with Gasteiger partial charge in [-0.1, -0.05) is 0 Å². The van der Waals surface area contributed by atoms with E-state index in [0.717, 1.165) is 6.42 Å². The molecule has 320 valence electrons. The van der Waals surface area contributed by atoms with E-state index in [-0.39, 0.29) is 36.3 Å². The number of fused-ring (bicyclic) bond motifs is 2. The van der Waals surface area contributed by atoms with E-state index in [1.807, 2.05) is 0 Å². The van der Waals surface area contributed by atoms with Crippen LogP contribution < -0.4 is 42.4 Å². The first-order valence-electron chi connectivity index (χ1n) is 22.3. The Morgan fingerprint density at radius 2 is 0.365 bits per heavy atom. The summed E-state index contributed by atoms with van der Waals surface area (Å²) in [5.41, 5.74) is 0. The zero-order valence-electron chi connectivity index (χ0n) is 35.2. The first-order chi connectivity index (χ1) is 31.3. The van der Waals surface area contributed by atoms with Gasteiger partial charge in [-0.15, -0.1) is 0 Å². The van der Waals surface area contributed by atoms with Gasteiger partial charge in [0.25, 0.3) is 0 Å². The van der Waals surface area contributed by atoms with Crippen LogP contribution in [0.5, 0.6) is 0 Å². The molecule has 2 aliphatic rings. The zero-order chi connectivity index (χ0) is 42.2. The van der Waals surface area contributed by atoms with Gasteiger partial charge in [0.05, 0.1) is 0 Å². The van der Waals surface area contributed by atoms with Crippen LogP contribution in [0, 0.1) is 11.8 Å². The molecule has 0 heterocycles. The van der Waals surface area contributed by atoms with E-state index in [2.05, 4.69) is 243 Å². The normalized spacial score (nSPS) is 21.1. The molecule has 0 saturated heterocycles. The molecule has 0 N–H and O–H groups in total. The molecule has 0 spiro atoms. The molecule has 4 nitrogen and oxygen atoms in total. The van der Waals surface area contributed by atoms with Gasteiger partial charge in [0.15, 0.2) is 0 Å². The molecule has 2 fully saturated rings. The van der Waals surface area contributed by atoms with Crippen molar-refractivity contribution in [1.82, 2.24) is 0 Å². The van der Waals surface area contributed by atoms with E-state index in [0.29, 0.717) is 0 Å². The predicted octanol–water partition coefficient (Wildman–Crippen LogP) is 8.23. The summed E-state index contributed by atoms with van der Waals surface area (Å²) in [6.07, 6.45) is 0.0432. The second kappa shape index (κ2) is 20.4. The molecular formula is C55H56O4P4. The molecule has 8 aromatic rings. The van der Waals surface area contributed by atoms with Crippen molar-refractivity contribution in [2.75, 3.05) is 0 Å². The van der Waals surface area contributed by atoms with Crippen LogP contribution in [0.15, 0.2) is 243 Å². The Balaban J connectivity index is 1.12. The maximum atomic E-state index is 7.88. The Bertz CT molecular complexity index is 2080. The summed E-state index contributed by atoms with van der Waals surface area (Å²) in [7, 11) is -8.95. The van der Waals surface area contributed by atoms with Crippen LogP contribution in [0.4, 0.5) is 0 Å². The molecule has 8 heteroatoms. The quantitative estimate of drug-likeness (QED) is 0.0918. The SMILES string of the molecule is c1ccc([PH2](OC2C3CC(C2O[PH2](c2ccccc2)c2ccccc2)C(O[PH2](c2ccccc2)c2ccccc2)C3O[PH2](c2ccccc2)c2ccccc2)c2ccccc2)cc1. The number of rotatable bonds is 16. The fraction of sp³-hybridized carbons (Fsp3) is 0.127. The molecule has 0 aliphatic heterocycles. The minimum absolute atomic E-state index is 0.0391. The van der Waals surface area contributed by atoms with Gasteiger partial charge in [0.2, 0.25) is 0 Å². The van der Waals surface area contributed by atoms with E-state index in [1.165, 1.54) is 42.4 Å². The summed E-state index contributed by atoms with van der Waals surface area (Å²) in [4.78, 5) is 0. The zero-order valence-corrected chi connectivity index (χ0v) is 39.8. The molecule has 0 amide bonds. The Hall–Kier alpha value is -4.68. The van der Waals surface area contributed by atoms with Gasteiger partial charge in [-0.3, -0.25) is 0 Å². The Kier molecular flexibility index (Phi) is 13.7. The molecule has 63 heavy (non-hydrogen) atoms. The molecule has 0 radical (unpaired) electrons. The topological polar surface area (TPSA) is 36.9 Å². The fourth-order valence-electron chi connectivity index (χ4n) is 9.96. The van der Waals surface area contributed by atoms with Gasteiger partial charge in [-0.25, -0.2) is 0 Å². The van der Waals surface area contributed by atoms with Crippen molar-refractivity contribution in [2.45, 2.75) is 30.8 Å². The van der Waals surface area contributed by atoms with Gasteiger partial charge >= 0.3 is 378 Å². The van der Waals surface area contributed by atoms with Gasteiger partial charge in [0, 0.05) is 0 Å². The number of hydrogen-bond donors (Lipinski definition) is 0. The molecule has 10 rings (SSSR count). The van der Waals surface area contributed by atoms with Crippen LogP contribution in [0.1, 0.15) is 6.42 Å². The third kappa shape index (κ3) is 9.58. The molecule has 2 bridgehead atoms. The van der Waals surface area contributed by atoms with Crippen molar-refractivity contribution >= 4 is 75.0 Å². The standard InChI is InChI=1S/C55H56O4P4/c1-9-25-42(26-10-1)60(43-27-11-2-12-28-43)56-52-50-41-51(53(52)57-61(44-29-13-3-14-30-44)45-31-15-4-16-32-45)55(59-63(48-37-21-7-22-38-48)49-39-23-8-24-40-49)54(50)58-62(46-33-17-5-18-34-46)47-35-19-6-20-36-47/h1-40,50-55H,41,60-63H2. The van der Waals surface area contributed by atoms with Crippen molar-refractivity contribution in [3.63, 3.8) is 0 Å². The third-order valence-electron chi connectivity index (χ3n) is 12.9. The van der Waals surface area contributed by atoms with Crippen molar-refractivity contribution < 1.29 is 18.1 Å².